The Labute approximate surface area is 234 Å². The van der Waals surface area contributed by atoms with Gasteiger partial charge >= 0.3 is 6.03 Å². The number of carbonyl (C=O) groups is 1. The van der Waals surface area contributed by atoms with E-state index in [1.54, 1.807) is 11.8 Å². The number of anilines is 1. The molecular formula is C30H37N7OS. The minimum absolute atomic E-state index is 0.0574. The van der Waals surface area contributed by atoms with Gasteiger partial charge < -0.3 is 10.6 Å². The molecule has 1 saturated heterocycles. The first kappa shape index (κ1) is 27.0. The van der Waals surface area contributed by atoms with E-state index >= 15 is 0 Å². The molecule has 3 heterocycles. The van der Waals surface area contributed by atoms with E-state index in [9.17, 15) is 4.79 Å². The first-order chi connectivity index (χ1) is 18.7. The Morgan fingerprint density at radius 3 is 2.54 bits per heavy atom. The number of pyridine rings is 1. The van der Waals surface area contributed by atoms with Crippen molar-refractivity contribution in [1.29, 1.82) is 0 Å². The Morgan fingerprint density at radius 2 is 1.79 bits per heavy atom. The third-order valence-electron chi connectivity index (χ3n) is 7.00. The SMILES string of the molecule is CC(C)c1nnc2ccc(Sc3ccccc3CNC(=O)NC3CC(C(C)(C)C)NN3c3ccccc3)cn12. The first-order valence-corrected chi connectivity index (χ1v) is 14.3. The number of nitrogens with one attached hydrogen (secondary N) is 3. The van der Waals surface area contributed by atoms with Gasteiger partial charge in [-0.15, -0.1) is 10.2 Å². The molecule has 0 aliphatic carbocycles. The van der Waals surface area contributed by atoms with Crippen LogP contribution in [0.3, 0.4) is 0 Å². The summed E-state index contributed by atoms with van der Waals surface area (Å²) in [6.07, 6.45) is 2.73. The fourth-order valence-corrected chi connectivity index (χ4v) is 5.72. The molecule has 2 amide bonds. The molecule has 0 bridgehead atoms. The molecule has 204 valence electrons. The van der Waals surface area contributed by atoms with Crippen LogP contribution in [-0.2, 0) is 6.54 Å². The van der Waals surface area contributed by atoms with E-state index in [0.29, 0.717) is 6.54 Å². The van der Waals surface area contributed by atoms with Gasteiger partial charge in [0.25, 0.3) is 0 Å². The molecule has 5 rings (SSSR count). The largest absolute Gasteiger partial charge is 0.334 e. The van der Waals surface area contributed by atoms with E-state index in [-0.39, 0.29) is 29.6 Å². The van der Waals surface area contributed by atoms with Crippen LogP contribution in [0.5, 0.6) is 0 Å². The molecule has 3 N–H and O–H groups in total. The standard InChI is InChI=1S/C30H37N7OS/c1-20(2)28-34-33-26-16-15-23(19-36(26)28)39-24-14-10-9-11-21(24)18-31-29(38)32-27-17-25(30(3,4)5)35-37(27)22-12-7-6-8-13-22/h6-16,19-20,25,27,35H,17-18H2,1-5H3,(H2,31,32,38). The number of hydrogen-bond donors (Lipinski definition) is 3. The number of nitrogens with zero attached hydrogens (tertiary/aromatic N) is 4. The Bertz CT molecular complexity index is 1430. The Morgan fingerprint density at radius 1 is 1.05 bits per heavy atom. The molecule has 1 fully saturated rings. The summed E-state index contributed by atoms with van der Waals surface area (Å²) in [6.45, 7) is 11.3. The van der Waals surface area contributed by atoms with Crippen molar-refractivity contribution in [1.82, 2.24) is 30.7 Å². The van der Waals surface area contributed by atoms with Crippen LogP contribution in [0.15, 0.2) is 82.7 Å². The predicted octanol–water partition coefficient (Wildman–Crippen LogP) is 5.96. The summed E-state index contributed by atoms with van der Waals surface area (Å²) < 4.78 is 2.06. The van der Waals surface area contributed by atoms with Gasteiger partial charge in [0.15, 0.2) is 5.65 Å². The summed E-state index contributed by atoms with van der Waals surface area (Å²) in [6, 6.07) is 22.4. The fraction of sp³-hybridized carbons (Fsp3) is 0.367. The fourth-order valence-electron chi connectivity index (χ4n) is 4.75. The summed E-state index contributed by atoms with van der Waals surface area (Å²) in [7, 11) is 0. The van der Waals surface area contributed by atoms with Crippen LogP contribution in [0, 0.1) is 5.41 Å². The number of hydrazine groups is 1. The van der Waals surface area contributed by atoms with Crippen molar-refractivity contribution in [3.8, 4) is 0 Å². The lowest BCUT2D eigenvalue weighted by molar-refractivity contribution is 0.235. The van der Waals surface area contributed by atoms with Gasteiger partial charge in [-0.25, -0.2) is 10.2 Å². The average Bonchev–Trinajstić information content (AvgIpc) is 3.53. The molecule has 2 aromatic heterocycles. The molecule has 2 aromatic carbocycles. The molecule has 2 unspecified atom stereocenters. The van der Waals surface area contributed by atoms with E-state index in [1.807, 2.05) is 36.4 Å². The van der Waals surface area contributed by atoms with E-state index in [4.69, 9.17) is 0 Å². The van der Waals surface area contributed by atoms with Gasteiger partial charge in [-0.2, -0.15) is 0 Å². The van der Waals surface area contributed by atoms with Gasteiger partial charge in [-0.1, -0.05) is 82.8 Å². The van der Waals surface area contributed by atoms with Gasteiger partial charge in [0.2, 0.25) is 0 Å². The van der Waals surface area contributed by atoms with Crippen molar-refractivity contribution in [3.05, 3.63) is 84.3 Å². The first-order valence-electron chi connectivity index (χ1n) is 13.4. The molecule has 1 aliphatic rings. The summed E-state index contributed by atoms with van der Waals surface area (Å²) in [4.78, 5) is 15.3. The van der Waals surface area contributed by atoms with E-state index in [0.717, 1.165) is 38.9 Å². The zero-order valence-corrected chi connectivity index (χ0v) is 24.0. The number of aromatic nitrogens is 3. The zero-order chi connectivity index (χ0) is 27.6. The summed E-state index contributed by atoms with van der Waals surface area (Å²) in [5.41, 5.74) is 6.60. The highest BCUT2D eigenvalue weighted by Crippen LogP contribution is 2.32. The monoisotopic (exact) mass is 543 g/mol. The third-order valence-corrected chi connectivity index (χ3v) is 8.10. The normalized spacial score (nSPS) is 17.6. The summed E-state index contributed by atoms with van der Waals surface area (Å²) in [5.74, 6) is 1.22. The van der Waals surface area contributed by atoms with Crippen molar-refractivity contribution in [2.24, 2.45) is 5.41 Å². The number of urea groups is 1. The molecule has 9 heteroatoms. The van der Waals surface area contributed by atoms with Crippen molar-refractivity contribution >= 4 is 29.1 Å². The molecule has 8 nitrogen and oxygen atoms in total. The quantitative estimate of drug-likeness (QED) is 0.267. The number of hydrogen-bond acceptors (Lipinski definition) is 6. The molecule has 1 aliphatic heterocycles. The number of amides is 2. The maximum Gasteiger partial charge on any atom is 0.316 e. The molecule has 0 spiro atoms. The second-order valence-electron chi connectivity index (χ2n) is 11.3. The van der Waals surface area contributed by atoms with Gasteiger partial charge in [0.1, 0.15) is 12.0 Å². The van der Waals surface area contributed by atoms with Crippen molar-refractivity contribution in [2.75, 3.05) is 5.01 Å². The predicted molar refractivity (Wildman–Crippen MR) is 157 cm³/mol. The van der Waals surface area contributed by atoms with Gasteiger partial charge in [0.05, 0.1) is 5.69 Å². The molecule has 39 heavy (non-hydrogen) atoms. The molecule has 0 radical (unpaired) electrons. The number of benzene rings is 2. The van der Waals surface area contributed by atoms with Gasteiger partial charge in [-0.05, 0) is 41.3 Å². The lowest BCUT2D eigenvalue weighted by Crippen LogP contribution is -2.51. The van der Waals surface area contributed by atoms with Crippen LogP contribution in [0.2, 0.25) is 0 Å². The molecule has 0 saturated carbocycles. The smallest absolute Gasteiger partial charge is 0.316 e. The average molecular weight is 544 g/mol. The van der Waals surface area contributed by atoms with E-state index < -0.39 is 0 Å². The zero-order valence-electron chi connectivity index (χ0n) is 23.2. The van der Waals surface area contributed by atoms with Crippen LogP contribution in [0.1, 0.15) is 58.3 Å². The van der Waals surface area contributed by atoms with E-state index in [2.05, 4.69) is 107 Å². The number of fused-ring (bicyclic) bond motifs is 1. The van der Waals surface area contributed by atoms with Crippen LogP contribution in [0.4, 0.5) is 10.5 Å². The van der Waals surface area contributed by atoms with Crippen LogP contribution >= 0.6 is 11.8 Å². The van der Waals surface area contributed by atoms with Crippen molar-refractivity contribution < 1.29 is 4.79 Å². The highest BCUT2D eigenvalue weighted by molar-refractivity contribution is 7.99. The van der Waals surface area contributed by atoms with Crippen LogP contribution in [0.25, 0.3) is 5.65 Å². The third kappa shape index (κ3) is 6.20. The summed E-state index contributed by atoms with van der Waals surface area (Å²) in [5, 5.41) is 17.0. The minimum Gasteiger partial charge on any atom is -0.334 e. The highest BCUT2D eigenvalue weighted by Gasteiger charge is 2.38. The Kier molecular flexibility index (Phi) is 7.81. The van der Waals surface area contributed by atoms with Gasteiger partial charge in [-0.3, -0.25) is 9.41 Å². The van der Waals surface area contributed by atoms with Crippen LogP contribution < -0.4 is 21.1 Å². The number of para-hydroxylation sites is 1. The maximum absolute atomic E-state index is 13.1. The molecular weight excluding hydrogens is 506 g/mol. The van der Waals surface area contributed by atoms with E-state index in [1.165, 1.54) is 0 Å². The molecule has 2 atom stereocenters. The second kappa shape index (κ2) is 11.3. The lowest BCUT2D eigenvalue weighted by Gasteiger charge is -2.29. The van der Waals surface area contributed by atoms with Gasteiger partial charge in [0, 0.05) is 40.9 Å². The molecule has 4 aromatic rings. The highest BCUT2D eigenvalue weighted by atomic mass is 32.2. The second-order valence-corrected chi connectivity index (χ2v) is 12.5. The maximum atomic E-state index is 13.1. The van der Waals surface area contributed by atoms with Crippen molar-refractivity contribution in [3.63, 3.8) is 0 Å². The Hall–Kier alpha value is -3.56. The van der Waals surface area contributed by atoms with Crippen LogP contribution in [-0.4, -0.2) is 32.8 Å². The number of carbonyl (C=O) groups excluding carboxylic acids is 1. The number of rotatable bonds is 7. The summed E-state index contributed by atoms with van der Waals surface area (Å²) >= 11 is 1.67. The minimum atomic E-state index is -0.190. The Balaban J connectivity index is 1.26. The lowest BCUT2D eigenvalue weighted by atomic mass is 9.85. The van der Waals surface area contributed by atoms with Crippen molar-refractivity contribution in [2.45, 2.75) is 75.5 Å². The topological polar surface area (TPSA) is 86.6 Å².